The summed E-state index contributed by atoms with van der Waals surface area (Å²) in [4.78, 5) is 24.9. The second-order valence-corrected chi connectivity index (χ2v) is 5.44. The number of aromatic amines is 1. The number of aromatic hydroxyl groups is 1. The van der Waals surface area contributed by atoms with Gasteiger partial charge in [0, 0.05) is 18.3 Å². The van der Waals surface area contributed by atoms with Crippen molar-refractivity contribution in [1.82, 2.24) is 10.3 Å². The second-order valence-electron chi connectivity index (χ2n) is 5.44. The van der Waals surface area contributed by atoms with E-state index < -0.39 is 29.6 Å². The number of carbonyl (C=O) groups is 1. The van der Waals surface area contributed by atoms with Gasteiger partial charge in [-0.25, -0.2) is 4.79 Å². The number of aromatic nitrogens is 1. The molecule has 0 radical (unpaired) electrons. The number of nitrogens with one attached hydrogen (secondary N) is 2. The lowest BCUT2D eigenvalue weighted by Crippen LogP contribution is -2.30. The monoisotopic (exact) mass is 348 g/mol. The van der Waals surface area contributed by atoms with Gasteiger partial charge in [0.1, 0.15) is 12.7 Å². The molecule has 0 bridgehead atoms. The number of aliphatic hydroxyl groups excluding tert-OH is 2. The molecule has 1 aromatic heterocycles. The molecule has 134 valence electrons. The molecule has 0 saturated carbocycles. The van der Waals surface area contributed by atoms with Crippen molar-refractivity contribution in [3.8, 4) is 5.75 Å². The van der Waals surface area contributed by atoms with Crippen LogP contribution in [0.1, 0.15) is 23.7 Å². The molecule has 8 nitrogen and oxygen atoms in total. The van der Waals surface area contributed by atoms with Crippen LogP contribution in [0.3, 0.4) is 0 Å². The van der Waals surface area contributed by atoms with Crippen molar-refractivity contribution in [2.75, 3.05) is 6.54 Å². The number of rotatable bonds is 7. The first-order valence-corrected chi connectivity index (χ1v) is 7.69. The van der Waals surface area contributed by atoms with E-state index in [0.717, 1.165) is 11.6 Å². The number of alkyl carbamates (subject to hydrolysis) is 1. The maximum absolute atomic E-state index is 11.6. The SMILES string of the molecule is O=C(NCCC(O)C(O)c1c[nH]c(=O)c(O)c1)OCc1ccccc1. The molecule has 0 aliphatic carbocycles. The summed E-state index contributed by atoms with van der Waals surface area (Å²) in [5.74, 6) is -0.550. The van der Waals surface area contributed by atoms with Crippen LogP contribution < -0.4 is 10.9 Å². The van der Waals surface area contributed by atoms with Gasteiger partial charge < -0.3 is 30.4 Å². The van der Waals surface area contributed by atoms with Crippen molar-refractivity contribution in [1.29, 1.82) is 0 Å². The van der Waals surface area contributed by atoms with Gasteiger partial charge >= 0.3 is 6.09 Å². The second kappa shape index (κ2) is 8.86. The van der Waals surface area contributed by atoms with Gasteiger partial charge in [-0.1, -0.05) is 30.3 Å². The molecule has 1 heterocycles. The molecule has 5 N–H and O–H groups in total. The van der Waals surface area contributed by atoms with Gasteiger partial charge in [-0.15, -0.1) is 0 Å². The van der Waals surface area contributed by atoms with E-state index in [9.17, 15) is 24.9 Å². The highest BCUT2D eigenvalue weighted by Crippen LogP contribution is 2.19. The molecule has 1 aromatic carbocycles. The molecule has 0 aliphatic heterocycles. The van der Waals surface area contributed by atoms with Gasteiger partial charge in [-0.05, 0) is 18.1 Å². The molecule has 8 heteroatoms. The lowest BCUT2D eigenvalue weighted by atomic mass is 10.0. The molecular formula is C17H20N2O6. The summed E-state index contributed by atoms with van der Waals surface area (Å²) in [5, 5.41) is 31.7. The Morgan fingerprint density at radius 1 is 1.24 bits per heavy atom. The molecule has 2 unspecified atom stereocenters. The quantitative estimate of drug-likeness (QED) is 0.503. The van der Waals surface area contributed by atoms with Crippen LogP contribution in [0.15, 0.2) is 47.4 Å². The summed E-state index contributed by atoms with van der Waals surface area (Å²) in [6.07, 6.45) is -1.88. The number of carbonyl (C=O) groups excluding carboxylic acids is 1. The fraction of sp³-hybridized carbons (Fsp3) is 0.294. The van der Waals surface area contributed by atoms with Crippen LogP contribution >= 0.6 is 0 Å². The largest absolute Gasteiger partial charge is 0.503 e. The third-order valence-corrected chi connectivity index (χ3v) is 3.53. The predicted octanol–water partition coefficient (Wildman–Crippen LogP) is 0.791. The fourth-order valence-corrected chi connectivity index (χ4v) is 2.13. The standard InChI is InChI=1S/C17H20N2O6/c20-13(15(22)12-8-14(21)16(23)19-9-12)6-7-18-17(24)25-10-11-4-2-1-3-5-11/h1-5,8-9,13,15,20-22H,6-7,10H2,(H,18,24)(H,19,23). The van der Waals surface area contributed by atoms with Crippen LogP contribution in [0.4, 0.5) is 4.79 Å². The van der Waals surface area contributed by atoms with Crippen LogP contribution in [0.5, 0.6) is 5.75 Å². The molecule has 1 amide bonds. The minimum Gasteiger partial charge on any atom is -0.503 e. The summed E-state index contributed by atoms with van der Waals surface area (Å²) < 4.78 is 5.02. The summed E-state index contributed by atoms with van der Waals surface area (Å²) in [6, 6.07) is 10.3. The maximum Gasteiger partial charge on any atom is 0.407 e. The molecule has 2 rings (SSSR count). The van der Waals surface area contributed by atoms with Gasteiger partial charge in [0.15, 0.2) is 5.75 Å². The minimum atomic E-state index is -1.31. The highest BCUT2D eigenvalue weighted by atomic mass is 16.5. The Hall–Kier alpha value is -2.84. The topological polar surface area (TPSA) is 132 Å². The highest BCUT2D eigenvalue weighted by Gasteiger charge is 2.19. The van der Waals surface area contributed by atoms with Crippen molar-refractivity contribution in [3.63, 3.8) is 0 Å². The number of amides is 1. The first-order valence-electron chi connectivity index (χ1n) is 7.69. The lowest BCUT2D eigenvalue weighted by Gasteiger charge is -2.18. The Bertz CT molecular complexity index is 746. The summed E-state index contributed by atoms with van der Waals surface area (Å²) in [5.41, 5.74) is 0.329. The molecule has 0 saturated heterocycles. The van der Waals surface area contributed by atoms with E-state index in [1.807, 2.05) is 30.3 Å². The molecule has 0 fully saturated rings. The van der Waals surface area contributed by atoms with Gasteiger partial charge in [0.05, 0.1) is 6.10 Å². The molecule has 2 atom stereocenters. The van der Waals surface area contributed by atoms with Gasteiger partial charge in [-0.3, -0.25) is 4.79 Å². The fourth-order valence-electron chi connectivity index (χ4n) is 2.13. The number of H-pyrrole nitrogens is 1. The van der Waals surface area contributed by atoms with Crippen LogP contribution in [-0.4, -0.2) is 39.0 Å². The normalized spacial score (nSPS) is 13.0. The Balaban J connectivity index is 1.73. The Morgan fingerprint density at radius 2 is 1.96 bits per heavy atom. The number of hydrogen-bond acceptors (Lipinski definition) is 6. The molecule has 0 spiro atoms. The van der Waals surface area contributed by atoms with E-state index in [0.29, 0.717) is 0 Å². The predicted molar refractivity (Wildman–Crippen MR) is 88.9 cm³/mol. The average Bonchev–Trinajstić information content (AvgIpc) is 2.62. The van der Waals surface area contributed by atoms with Gasteiger partial charge in [0.2, 0.25) is 0 Å². The zero-order chi connectivity index (χ0) is 18.2. The van der Waals surface area contributed by atoms with Crippen molar-refractivity contribution < 1.29 is 24.9 Å². The van der Waals surface area contributed by atoms with E-state index >= 15 is 0 Å². The van der Waals surface area contributed by atoms with Crippen LogP contribution in [0.25, 0.3) is 0 Å². The Labute approximate surface area is 143 Å². The summed E-state index contributed by atoms with van der Waals surface area (Å²) >= 11 is 0. The van der Waals surface area contributed by atoms with Crippen LogP contribution in [-0.2, 0) is 11.3 Å². The molecular weight excluding hydrogens is 328 g/mol. The Morgan fingerprint density at radius 3 is 2.64 bits per heavy atom. The molecule has 25 heavy (non-hydrogen) atoms. The highest BCUT2D eigenvalue weighted by molar-refractivity contribution is 5.67. The van der Waals surface area contributed by atoms with E-state index in [-0.39, 0.29) is 25.1 Å². The molecule has 2 aromatic rings. The third kappa shape index (κ3) is 5.63. The first kappa shape index (κ1) is 18.5. The van der Waals surface area contributed by atoms with Crippen molar-refractivity contribution in [2.24, 2.45) is 0 Å². The zero-order valence-electron chi connectivity index (χ0n) is 13.4. The number of benzene rings is 1. The third-order valence-electron chi connectivity index (χ3n) is 3.53. The summed E-state index contributed by atoms with van der Waals surface area (Å²) in [7, 11) is 0. The molecule has 0 aliphatic rings. The van der Waals surface area contributed by atoms with Crippen molar-refractivity contribution in [3.05, 3.63) is 64.1 Å². The van der Waals surface area contributed by atoms with Crippen molar-refractivity contribution >= 4 is 6.09 Å². The maximum atomic E-state index is 11.6. The zero-order valence-corrected chi connectivity index (χ0v) is 13.4. The van der Waals surface area contributed by atoms with E-state index in [1.165, 1.54) is 6.20 Å². The minimum absolute atomic E-state index is 0.0570. The summed E-state index contributed by atoms with van der Waals surface area (Å²) in [6.45, 7) is 0.218. The van der Waals surface area contributed by atoms with Crippen LogP contribution in [0, 0.1) is 0 Å². The van der Waals surface area contributed by atoms with E-state index in [1.54, 1.807) is 0 Å². The number of pyridine rings is 1. The first-order chi connectivity index (χ1) is 12.0. The Kier molecular flexibility index (Phi) is 6.55. The average molecular weight is 348 g/mol. The van der Waals surface area contributed by atoms with Gasteiger partial charge in [0.25, 0.3) is 5.56 Å². The van der Waals surface area contributed by atoms with E-state index in [2.05, 4.69) is 10.3 Å². The number of hydrogen-bond donors (Lipinski definition) is 5. The van der Waals surface area contributed by atoms with Gasteiger partial charge in [-0.2, -0.15) is 0 Å². The van der Waals surface area contributed by atoms with E-state index in [4.69, 9.17) is 4.74 Å². The number of aliphatic hydroxyl groups is 2. The van der Waals surface area contributed by atoms with Crippen molar-refractivity contribution in [2.45, 2.75) is 25.2 Å². The smallest absolute Gasteiger partial charge is 0.407 e. The number of ether oxygens (including phenoxy) is 1. The lowest BCUT2D eigenvalue weighted by molar-refractivity contribution is 0.0133. The van der Waals surface area contributed by atoms with Crippen LogP contribution in [0.2, 0.25) is 0 Å².